The van der Waals surface area contributed by atoms with E-state index in [1.807, 2.05) is 13.8 Å². The third-order valence-electron chi connectivity index (χ3n) is 5.28. The molecule has 0 spiro atoms. The molecule has 2 heterocycles. The molecule has 0 saturated carbocycles. The van der Waals surface area contributed by atoms with Gasteiger partial charge in [-0.15, -0.1) is 0 Å². The van der Waals surface area contributed by atoms with Gasteiger partial charge in [0.25, 0.3) is 0 Å². The van der Waals surface area contributed by atoms with Crippen molar-refractivity contribution < 1.29 is 23.6 Å². The summed E-state index contributed by atoms with van der Waals surface area (Å²) in [7, 11) is 1.80. The molecule has 10 heteroatoms. The van der Waals surface area contributed by atoms with Crippen LogP contribution >= 0.6 is 11.6 Å². The van der Waals surface area contributed by atoms with Crippen molar-refractivity contribution >= 4 is 45.9 Å². The smallest absolute Gasteiger partial charge is 0.419 e. The highest BCUT2D eigenvalue weighted by Crippen LogP contribution is 2.40. The lowest BCUT2D eigenvalue weighted by Gasteiger charge is -2.21. The molecule has 2 aromatic heterocycles. The molecule has 0 bridgehead atoms. The molecule has 35 heavy (non-hydrogen) atoms. The van der Waals surface area contributed by atoms with Gasteiger partial charge in [0.05, 0.1) is 18.6 Å². The minimum Gasteiger partial charge on any atom is -0.616 e. The maximum Gasteiger partial charge on any atom is 0.419 e. The molecule has 8 nitrogen and oxygen atoms in total. The van der Waals surface area contributed by atoms with Crippen molar-refractivity contribution in [3.63, 3.8) is 0 Å². The summed E-state index contributed by atoms with van der Waals surface area (Å²) < 4.78 is 25.8. The maximum atomic E-state index is 13.5. The molecule has 3 aromatic rings. The first kappa shape index (κ1) is 27.1. The molecule has 0 radical (unpaired) electrons. The second-order valence-corrected chi connectivity index (χ2v) is 11.5. The van der Waals surface area contributed by atoms with Crippen LogP contribution in [0, 0.1) is 0 Å². The number of esters is 1. The topological polar surface area (TPSA) is 98.4 Å². The Hall–Kier alpha value is -2.49. The molecule has 0 fully saturated rings. The number of halogens is 1. The van der Waals surface area contributed by atoms with Gasteiger partial charge in [0.1, 0.15) is 28.1 Å². The number of aryl methyl sites for hydroxylation is 1. The summed E-state index contributed by atoms with van der Waals surface area (Å²) in [5.74, 6) is -0.368. The van der Waals surface area contributed by atoms with Crippen molar-refractivity contribution in [2.24, 2.45) is 7.05 Å². The zero-order valence-corrected chi connectivity index (χ0v) is 23.0. The van der Waals surface area contributed by atoms with Crippen LogP contribution in [0.25, 0.3) is 22.2 Å². The molecule has 1 unspecified atom stereocenters. The van der Waals surface area contributed by atoms with E-state index < -0.39 is 28.8 Å². The van der Waals surface area contributed by atoms with Gasteiger partial charge in [0.15, 0.2) is 0 Å². The SMILES string of the molecule is CCOC(=O)c1c(-c2ccc(C[S+](C)[O-])c(Cl)c2)c2nn(C)c(C(C)C)c2n1C(=O)OC(C)(C)C. The summed E-state index contributed by atoms with van der Waals surface area (Å²) in [6, 6.07) is 5.26. The van der Waals surface area contributed by atoms with Gasteiger partial charge in [-0.25, -0.2) is 14.2 Å². The Morgan fingerprint density at radius 1 is 1.26 bits per heavy atom. The highest BCUT2D eigenvalue weighted by Gasteiger charge is 2.35. The lowest BCUT2D eigenvalue weighted by molar-refractivity contribution is 0.0454. The number of carbonyl (C=O) groups excluding carboxylic acids is 2. The molecular weight excluding hydrogens is 490 g/mol. The number of hydrogen-bond donors (Lipinski definition) is 0. The Labute approximate surface area is 213 Å². The summed E-state index contributed by atoms with van der Waals surface area (Å²) >= 11 is 5.47. The number of carbonyl (C=O) groups is 2. The fourth-order valence-corrected chi connectivity index (χ4v) is 5.11. The molecule has 1 aromatic carbocycles. The third-order valence-corrected chi connectivity index (χ3v) is 6.35. The molecule has 190 valence electrons. The van der Waals surface area contributed by atoms with E-state index in [1.165, 1.54) is 4.57 Å². The van der Waals surface area contributed by atoms with Crippen LogP contribution in [0.2, 0.25) is 5.02 Å². The number of nitrogens with zero attached hydrogens (tertiary/aromatic N) is 3. The van der Waals surface area contributed by atoms with E-state index in [-0.39, 0.29) is 18.2 Å². The summed E-state index contributed by atoms with van der Waals surface area (Å²) in [5, 5.41) is 5.11. The lowest BCUT2D eigenvalue weighted by atomic mass is 10.0. The average molecular weight is 522 g/mol. The molecular formula is C25H32ClN3O5S. The minimum absolute atomic E-state index is 0.00511. The van der Waals surface area contributed by atoms with Crippen LogP contribution < -0.4 is 0 Å². The van der Waals surface area contributed by atoms with E-state index in [9.17, 15) is 14.1 Å². The predicted molar refractivity (Wildman–Crippen MR) is 139 cm³/mol. The van der Waals surface area contributed by atoms with Gasteiger partial charge < -0.3 is 14.0 Å². The van der Waals surface area contributed by atoms with Crippen molar-refractivity contribution in [2.45, 2.75) is 58.8 Å². The van der Waals surface area contributed by atoms with E-state index in [1.54, 1.807) is 63.9 Å². The fraction of sp³-hybridized carbons (Fsp3) is 0.480. The summed E-state index contributed by atoms with van der Waals surface area (Å²) in [5.41, 5.74) is 2.71. The molecule has 0 aliphatic carbocycles. The highest BCUT2D eigenvalue weighted by molar-refractivity contribution is 7.89. The number of hydrogen-bond acceptors (Lipinski definition) is 6. The summed E-state index contributed by atoms with van der Waals surface area (Å²) in [6.07, 6.45) is 0.908. The molecule has 3 rings (SSSR count). The fourth-order valence-electron chi connectivity index (χ4n) is 4.09. The van der Waals surface area contributed by atoms with Crippen molar-refractivity contribution in [1.82, 2.24) is 14.3 Å². The van der Waals surface area contributed by atoms with Crippen LogP contribution in [-0.4, -0.2) is 49.4 Å². The Balaban J connectivity index is 2.43. The quantitative estimate of drug-likeness (QED) is 0.307. The zero-order valence-electron chi connectivity index (χ0n) is 21.4. The second kappa shape index (κ2) is 10.2. The number of fused-ring (bicyclic) bond motifs is 1. The Morgan fingerprint density at radius 3 is 2.43 bits per heavy atom. The van der Waals surface area contributed by atoms with Crippen LogP contribution in [-0.2, 0) is 33.5 Å². The van der Waals surface area contributed by atoms with Crippen molar-refractivity contribution in [2.75, 3.05) is 12.9 Å². The van der Waals surface area contributed by atoms with Crippen LogP contribution in [0.3, 0.4) is 0 Å². The van der Waals surface area contributed by atoms with Gasteiger partial charge in [-0.2, -0.15) is 5.10 Å². The van der Waals surface area contributed by atoms with Crippen molar-refractivity contribution in [1.29, 1.82) is 0 Å². The van der Waals surface area contributed by atoms with Crippen LogP contribution in [0.1, 0.15) is 69.2 Å². The molecule has 0 aliphatic heterocycles. The normalized spacial score (nSPS) is 12.9. The molecule has 0 saturated heterocycles. The first-order valence-corrected chi connectivity index (χ1v) is 13.5. The highest BCUT2D eigenvalue weighted by atomic mass is 35.5. The van der Waals surface area contributed by atoms with Crippen LogP contribution in [0.4, 0.5) is 4.79 Å². The van der Waals surface area contributed by atoms with Gasteiger partial charge in [-0.05, 0) is 45.2 Å². The first-order chi connectivity index (χ1) is 16.3. The standard InChI is InChI=1S/C25H32ClN3O5S/c1-9-33-23(30)21-18(15-10-11-16(13-35(8)32)17(26)12-15)19-22(20(14(2)3)28(7)27-19)29(21)24(31)34-25(4,5)6/h10-12,14H,9,13H2,1-8H3. The van der Waals surface area contributed by atoms with Gasteiger partial charge in [-0.1, -0.05) is 48.8 Å². The Morgan fingerprint density at radius 2 is 1.91 bits per heavy atom. The summed E-state index contributed by atoms with van der Waals surface area (Å²) in [6.45, 7) is 11.1. The van der Waals surface area contributed by atoms with E-state index in [0.717, 1.165) is 11.3 Å². The van der Waals surface area contributed by atoms with Gasteiger partial charge in [0, 0.05) is 23.2 Å². The van der Waals surface area contributed by atoms with Crippen LogP contribution in [0.5, 0.6) is 0 Å². The van der Waals surface area contributed by atoms with E-state index >= 15 is 0 Å². The first-order valence-electron chi connectivity index (χ1n) is 11.4. The third kappa shape index (κ3) is 5.52. The predicted octanol–water partition coefficient (Wildman–Crippen LogP) is 5.66. The number of ether oxygens (including phenoxy) is 2. The summed E-state index contributed by atoms with van der Waals surface area (Å²) in [4.78, 5) is 26.8. The van der Waals surface area contributed by atoms with E-state index in [4.69, 9.17) is 26.2 Å². The van der Waals surface area contributed by atoms with Crippen LogP contribution in [0.15, 0.2) is 18.2 Å². The maximum absolute atomic E-state index is 13.5. The van der Waals surface area contributed by atoms with Crippen molar-refractivity contribution in [3.05, 3.63) is 40.2 Å². The monoisotopic (exact) mass is 521 g/mol. The Kier molecular flexibility index (Phi) is 7.93. The van der Waals surface area contributed by atoms with Crippen molar-refractivity contribution in [3.8, 4) is 11.1 Å². The zero-order chi connectivity index (χ0) is 26.2. The second-order valence-electron chi connectivity index (χ2n) is 9.64. The Bertz CT molecular complexity index is 1270. The van der Waals surface area contributed by atoms with Gasteiger partial charge in [0.2, 0.25) is 0 Å². The number of aromatic nitrogens is 3. The molecule has 0 N–H and O–H groups in total. The molecule has 1 atom stereocenters. The van der Waals surface area contributed by atoms with E-state index in [2.05, 4.69) is 0 Å². The minimum atomic E-state index is -1.07. The largest absolute Gasteiger partial charge is 0.616 e. The number of benzene rings is 1. The molecule has 0 amide bonds. The average Bonchev–Trinajstić information content (AvgIpc) is 3.20. The van der Waals surface area contributed by atoms with E-state index in [0.29, 0.717) is 32.9 Å². The van der Waals surface area contributed by atoms with Gasteiger partial charge in [-0.3, -0.25) is 4.68 Å². The lowest BCUT2D eigenvalue weighted by Crippen LogP contribution is -2.29. The molecule has 0 aliphatic rings. The number of rotatable bonds is 6. The van der Waals surface area contributed by atoms with Gasteiger partial charge >= 0.3 is 12.1 Å².